The van der Waals surface area contributed by atoms with E-state index >= 15 is 0 Å². The Morgan fingerprint density at radius 1 is 0.917 bits per heavy atom. The van der Waals surface area contributed by atoms with E-state index in [2.05, 4.69) is 50.6 Å². The maximum Gasteiger partial charge on any atom is 0.317 e. The molecule has 4 rings (SSSR count). The minimum atomic E-state index is -3.72. The van der Waals surface area contributed by atoms with E-state index < -0.39 is 8.26 Å². The van der Waals surface area contributed by atoms with Crippen molar-refractivity contribution in [3.8, 4) is 0 Å². The summed E-state index contributed by atoms with van der Waals surface area (Å²) in [6.07, 6.45) is 2.09. The molecule has 0 radical (unpaired) electrons. The van der Waals surface area contributed by atoms with Crippen LogP contribution in [-0.4, -0.2) is 20.4 Å². The van der Waals surface area contributed by atoms with Gasteiger partial charge in [0, 0.05) is 34.0 Å². The summed E-state index contributed by atoms with van der Waals surface area (Å²) in [6.45, 7) is 0. The number of carbonyl (C=O) groups is 1. The molecule has 0 spiro atoms. The summed E-state index contributed by atoms with van der Waals surface area (Å²) in [6, 6.07) is 16.4. The molecule has 0 saturated heterocycles. The van der Waals surface area contributed by atoms with Crippen molar-refractivity contribution in [2.75, 3.05) is 0 Å². The first-order valence-corrected chi connectivity index (χ1v) is 10.1. The third-order valence-corrected chi connectivity index (χ3v) is 3.65. The second-order valence-corrected chi connectivity index (χ2v) is 8.87. The summed E-state index contributed by atoms with van der Waals surface area (Å²) in [5, 5.41) is 4.47. The van der Waals surface area contributed by atoms with Crippen molar-refractivity contribution in [1.29, 1.82) is 0 Å². The van der Waals surface area contributed by atoms with Crippen LogP contribution < -0.4 is 0 Å². The maximum absolute atomic E-state index is 12.1. The van der Waals surface area contributed by atoms with E-state index in [1.165, 1.54) is 5.39 Å². The van der Waals surface area contributed by atoms with E-state index in [0.29, 0.717) is 6.42 Å². The summed E-state index contributed by atoms with van der Waals surface area (Å²) < 4.78 is 18.3. The van der Waals surface area contributed by atoms with Crippen LogP contribution in [0.1, 0.15) is 16.8 Å². The molecule has 0 aliphatic carbocycles. The molecule has 0 atom stereocenters. The third-order valence-electron chi connectivity index (χ3n) is 3.65. The average molecular weight is 380 g/mol. The molecule has 1 heterocycles. The van der Waals surface area contributed by atoms with E-state index in [-0.39, 0.29) is 5.78 Å². The number of carbonyl (C=O) groups excluding carboxylic acids is 1. The zero-order valence-electron chi connectivity index (χ0n) is 12.2. The predicted molar refractivity (Wildman–Crippen MR) is 99.2 cm³/mol. The molecule has 122 valence electrons. The number of fused-ring (bicyclic) bond motifs is 4. The fourth-order valence-electron chi connectivity index (χ4n) is 2.73. The van der Waals surface area contributed by atoms with Crippen LogP contribution in [0, 0.1) is 0 Å². The van der Waals surface area contributed by atoms with Gasteiger partial charge in [0.1, 0.15) is 0 Å². The summed E-state index contributed by atoms with van der Waals surface area (Å²) in [4.78, 5) is 16.5. The fourth-order valence-corrected chi connectivity index (χ4v) is 2.73. The highest BCUT2D eigenvalue weighted by atomic mass is 36.0. The van der Waals surface area contributed by atoms with Crippen molar-refractivity contribution >= 4 is 68.9 Å². The zero-order valence-corrected chi connectivity index (χ0v) is 14.6. The standard InChI is InChI=1S/C17H11NO.Cl2O2S/c19-16-7-8-18-15-6-5-13-9-11-3-1-2-4-12(11)10-14(13)17(15)16;1-5(2,3)4/h1-6,8-10H,7H2;. The first kappa shape index (κ1) is 16.9. The Bertz CT molecular complexity index is 1080. The molecule has 0 aromatic heterocycles. The fraction of sp³-hybridized carbons (Fsp3) is 0.0588. The number of hydrogen-bond acceptors (Lipinski definition) is 4. The smallest absolute Gasteiger partial charge is 0.294 e. The van der Waals surface area contributed by atoms with Gasteiger partial charge >= 0.3 is 8.26 Å². The van der Waals surface area contributed by atoms with E-state index in [9.17, 15) is 4.79 Å². The van der Waals surface area contributed by atoms with Crippen LogP contribution in [-0.2, 0) is 8.26 Å². The number of rotatable bonds is 0. The lowest BCUT2D eigenvalue weighted by Gasteiger charge is -2.12. The highest BCUT2D eigenvalue weighted by molar-refractivity contribution is 8.31. The molecule has 24 heavy (non-hydrogen) atoms. The van der Waals surface area contributed by atoms with Gasteiger partial charge in [0.15, 0.2) is 5.78 Å². The van der Waals surface area contributed by atoms with Gasteiger partial charge in [-0.1, -0.05) is 30.3 Å². The lowest BCUT2D eigenvalue weighted by Crippen LogP contribution is -2.05. The van der Waals surface area contributed by atoms with Crippen molar-refractivity contribution in [3.63, 3.8) is 0 Å². The highest BCUT2D eigenvalue weighted by Gasteiger charge is 2.17. The third kappa shape index (κ3) is 3.75. The van der Waals surface area contributed by atoms with Crippen LogP contribution in [0.5, 0.6) is 0 Å². The second-order valence-electron chi connectivity index (χ2n) is 5.20. The van der Waals surface area contributed by atoms with Crippen LogP contribution in [0.2, 0.25) is 0 Å². The molecule has 1 aliphatic rings. The van der Waals surface area contributed by atoms with Gasteiger partial charge in [-0.25, -0.2) is 0 Å². The molecule has 0 amide bonds. The Balaban J connectivity index is 0.000000300. The van der Waals surface area contributed by atoms with Crippen LogP contribution in [0.15, 0.2) is 53.5 Å². The lowest BCUT2D eigenvalue weighted by atomic mass is 9.94. The van der Waals surface area contributed by atoms with E-state index in [1.807, 2.05) is 24.3 Å². The molecule has 1 aliphatic heterocycles. The monoisotopic (exact) mass is 379 g/mol. The highest BCUT2D eigenvalue weighted by Crippen LogP contribution is 2.33. The van der Waals surface area contributed by atoms with Gasteiger partial charge in [0.2, 0.25) is 0 Å². The van der Waals surface area contributed by atoms with E-state index in [1.54, 1.807) is 6.21 Å². The van der Waals surface area contributed by atoms with Gasteiger partial charge in [0.05, 0.1) is 11.3 Å². The molecule has 4 nitrogen and oxygen atoms in total. The number of hydrogen-bond donors (Lipinski definition) is 0. The predicted octanol–water partition coefficient (Wildman–Crippen LogP) is 4.99. The summed E-state index contributed by atoms with van der Waals surface area (Å²) in [7, 11) is 4.81. The van der Waals surface area contributed by atoms with Crippen molar-refractivity contribution in [2.24, 2.45) is 4.99 Å². The quantitative estimate of drug-likeness (QED) is 0.408. The molecule has 0 saturated carbocycles. The number of benzene rings is 3. The van der Waals surface area contributed by atoms with Crippen LogP contribution in [0.3, 0.4) is 0 Å². The number of ketones is 1. The van der Waals surface area contributed by atoms with Crippen molar-refractivity contribution in [1.82, 2.24) is 0 Å². The number of halogens is 2. The Kier molecular flexibility index (Phi) is 4.58. The first-order valence-electron chi connectivity index (χ1n) is 6.98. The van der Waals surface area contributed by atoms with Crippen molar-refractivity contribution in [2.45, 2.75) is 6.42 Å². The van der Waals surface area contributed by atoms with Crippen LogP contribution >= 0.6 is 21.4 Å². The molecule has 3 aromatic rings. The van der Waals surface area contributed by atoms with Crippen LogP contribution in [0.25, 0.3) is 21.5 Å². The maximum atomic E-state index is 12.1. The zero-order chi connectivity index (χ0) is 17.3. The SMILES string of the molecule is O=C1CC=Nc2ccc3cc4ccccc4cc3c21.O=S(=O)(Cl)Cl. The first-order chi connectivity index (χ1) is 11.3. The molecule has 7 heteroatoms. The van der Waals surface area contributed by atoms with Crippen LogP contribution in [0.4, 0.5) is 5.69 Å². The molecular weight excluding hydrogens is 369 g/mol. The largest absolute Gasteiger partial charge is 0.317 e. The van der Waals surface area contributed by atoms with Gasteiger partial charge in [0.25, 0.3) is 0 Å². The molecule has 0 unspecified atom stereocenters. The lowest BCUT2D eigenvalue weighted by molar-refractivity contribution is 0.100. The van der Waals surface area contributed by atoms with Gasteiger partial charge < -0.3 is 0 Å². The van der Waals surface area contributed by atoms with E-state index in [0.717, 1.165) is 27.4 Å². The Morgan fingerprint density at radius 2 is 1.54 bits per heavy atom. The minimum Gasteiger partial charge on any atom is -0.294 e. The summed E-state index contributed by atoms with van der Waals surface area (Å²) in [5.41, 5.74) is 1.56. The van der Waals surface area contributed by atoms with Crippen molar-refractivity contribution < 1.29 is 13.2 Å². The normalized spacial score (nSPS) is 13.5. The van der Waals surface area contributed by atoms with E-state index in [4.69, 9.17) is 8.42 Å². The molecular formula is C17H11Cl2NO3S. The summed E-state index contributed by atoms with van der Waals surface area (Å²) >= 11 is 0. The topological polar surface area (TPSA) is 63.6 Å². The van der Waals surface area contributed by atoms with Gasteiger partial charge in [-0.2, -0.15) is 8.42 Å². The summed E-state index contributed by atoms with van der Waals surface area (Å²) in [5.74, 6) is 0.158. The average Bonchev–Trinajstić information content (AvgIpc) is 2.51. The Hall–Kier alpha value is -1.95. The number of aliphatic imine (C=N–C) groups is 1. The number of nitrogens with zero attached hydrogens (tertiary/aromatic N) is 1. The van der Waals surface area contributed by atoms with Gasteiger partial charge in [-0.15, -0.1) is 0 Å². The molecule has 0 bridgehead atoms. The number of Topliss-reactive ketones (excluding diaryl/α,β-unsaturated/α-hetero) is 1. The minimum absolute atomic E-state index is 0.158. The Labute approximate surface area is 147 Å². The molecule has 0 N–H and O–H groups in total. The second kappa shape index (κ2) is 6.51. The van der Waals surface area contributed by atoms with Crippen molar-refractivity contribution in [3.05, 3.63) is 54.1 Å². The van der Waals surface area contributed by atoms with Gasteiger partial charge in [-0.3, -0.25) is 9.79 Å². The van der Waals surface area contributed by atoms with Gasteiger partial charge in [-0.05, 0) is 39.7 Å². The Morgan fingerprint density at radius 3 is 2.21 bits per heavy atom. The molecule has 3 aromatic carbocycles. The molecule has 0 fully saturated rings.